The maximum Gasteiger partial charge on any atom is 0.138 e. The summed E-state index contributed by atoms with van der Waals surface area (Å²) in [6, 6.07) is 66.6. The van der Waals surface area contributed by atoms with Gasteiger partial charge in [-0.25, -0.2) is 4.98 Å². The number of rotatable bonds is 4. The predicted octanol–water partition coefficient (Wildman–Crippen LogP) is 14.4. The molecule has 0 aliphatic carbocycles. The molecule has 0 atom stereocenters. The number of benzene rings is 8. The van der Waals surface area contributed by atoms with Crippen LogP contribution in [0, 0.1) is 0 Å². The van der Waals surface area contributed by atoms with Gasteiger partial charge in [0.05, 0.1) is 27.8 Å². The van der Waals surface area contributed by atoms with E-state index in [4.69, 9.17) is 13.8 Å². The summed E-state index contributed by atoms with van der Waals surface area (Å²) in [5.41, 5.74) is 13.4. The zero-order chi connectivity index (χ0) is 37.9. The third-order valence-electron chi connectivity index (χ3n) is 11.9. The molecule has 58 heavy (non-hydrogen) atoms. The van der Waals surface area contributed by atoms with E-state index in [1.54, 1.807) is 0 Å². The summed E-state index contributed by atoms with van der Waals surface area (Å²) in [4.78, 5) is 5.43. The van der Waals surface area contributed by atoms with Crippen LogP contribution in [-0.2, 0) is 0 Å². The highest BCUT2D eigenvalue weighted by Crippen LogP contribution is 2.42. The van der Waals surface area contributed by atoms with Gasteiger partial charge in [-0.05, 0) is 90.0 Å². The lowest BCUT2D eigenvalue weighted by Crippen LogP contribution is -2.01. The lowest BCUT2D eigenvalue weighted by molar-refractivity contribution is 0.668. The quantitative estimate of drug-likeness (QED) is 0.180. The predicted molar refractivity (Wildman–Crippen MR) is 238 cm³/mol. The fourth-order valence-electron chi connectivity index (χ4n) is 9.33. The van der Waals surface area contributed by atoms with Crippen molar-refractivity contribution in [3.63, 3.8) is 0 Å². The Morgan fingerprint density at radius 1 is 0.328 bits per heavy atom. The minimum Gasteiger partial charge on any atom is -0.456 e. The van der Waals surface area contributed by atoms with Gasteiger partial charge in [-0.1, -0.05) is 109 Å². The first-order chi connectivity index (χ1) is 28.7. The van der Waals surface area contributed by atoms with E-state index < -0.39 is 0 Å². The van der Waals surface area contributed by atoms with Gasteiger partial charge in [0.15, 0.2) is 0 Å². The number of hydrogen-bond donors (Lipinski definition) is 0. The molecule has 270 valence electrons. The van der Waals surface area contributed by atoms with Crippen molar-refractivity contribution in [1.29, 1.82) is 0 Å². The van der Waals surface area contributed by atoms with E-state index in [9.17, 15) is 0 Å². The number of hydrogen-bond acceptors (Lipinski definition) is 3. The van der Waals surface area contributed by atoms with Crippen LogP contribution in [0.5, 0.6) is 0 Å². The first-order valence-electron chi connectivity index (χ1n) is 19.6. The minimum absolute atomic E-state index is 0.861. The molecule has 0 amide bonds. The molecule has 0 radical (unpaired) electrons. The van der Waals surface area contributed by atoms with E-state index >= 15 is 0 Å². The third kappa shape index (κ3) is 4.44. The molecule has 5 nitrogen and oxygen atoms in total. The molecule has 5 heteroatoms. The highest BCUT2D eigenvalue weighted by molar-refractivity contribution is 6.24. The number of aromatic nitrogens is 3. The molecule has 0 fully saturated rings. The second-order valence-corrected chi connectivity index (χ2v) is 15.1. The molecule has 0 N–H and O–H groups in total. The van der Waals surface area contributed by atoms with Crippen molar-refractivity contribution in [2.75, 3.05) is 0 Å². The fourth-order valence-corrected chi connectivity index (χ4v) is 9.33. The first kappa shape index (κ1) is 31.3. The van der Waals surface area contributed by atoms with Crippen LogP contribution in [-0.4, -0.2) is 14.1 Å². The standard InChI is InChI=1S/C53H31N3O2/c1-5-18-45-36(13-1)40-25-26-41-37-14-2-6-19-46(37)56(51-22-10-17-44(54-51)34-24-28-50-43(31-34)39-16-4-8-21-48(39)58-50)53(41)52(40)55(45)35-12-9-11-32(29-35)33-23-27-49-42(30-33)38-15-3-7-20-47(38)57-49/h1-31H. The maximum atomic E-state index is 6.18. The summed E-state index contributed by atoms with van der Waals surface area (Å²) in [5.74, 6) is 0.861. The Morgan fingerprint density at radius 3 is 1.53 bits per heavy atom. The lowest BCUT2D eigenvalue weighted by Gasteiger charge is -2.14. The van der Waals surface area contributed by atoms with E-state index in [1.807, 2.05) is 24.3 Å². The number of fused-ring (bicyclic) bond motifs is 13. The second kappa shape index (κ2) is 11.8. The molecule has 0 saturated heterocycles. The van der Waals surface area contributed by atoms with Crippen molar-refractivity contribution in [3.8, 4) is 33.9 Å². The average Bonchev–Trinajstić information content (AvgIpc) is 4.04. The van der Waals surface area contributed by atoms with Crippen LogP contribution in [0.2, 0.25) is 0 Å². The Balaban J connectivity index is 1.06. The summed E-state index contributed by atoms with van der Waals surface area (Å²) in [7, 11) is 0. The molecule has 5 heterocycles. The van der Waals surface area contributed by atoms with Gasteiger partial charge in [-0.2, -0.15) is 0 Å². The topological polar surface area (TPSA) is 49.0 Å². The Hall–Kier alpha value is -7.89. The van der Waals surface area contributed by atoms with Crippen LogP contribution in [0.1, 0.15) is 0 Å². The normalized spacial score (nSPS) is 12.1. The lowest BCUT2D eigenvalue weighted by atomic mass is 10.0. The summed E-state index contributed by atoms with van der Waals surface area (Å²) in [5, 5.41) is 9.20. The molecule has 0 spiro atoms. The van der Waals surface area contributed by atoms with Crippen molar-refractivity contribution < 1.29 is 8.83 Å². The van der Waals surface area contributed by atoms with Gasteiger partial charge in [0, 0.05) is 54.3 Å². The first-order valence-corrected chi connectivity index (χ1v) is 19.6. The number of para-hydroxylation sites is 4. The van der Waals surface area contributed by atoms with Crippen LogP contribution in [0.15, 0.2) is 197 Å². The SMILES string of the molecule is c1cc(-c2ccc3oc4ccccc4c3c2)cc(-n2c3ccccc3c3ccc4c5ccccc5n(-c5cccc(-c6ccc7oc8ccccc8c7c6)n5)c4c32)c1. The van der Waals surface area contributed by atoms with Gasteiger partial charge >= 0.3 is 0 Å². The van der Waals surface area contributed by atoms with E-state index in [1.165, 1.54) is 21.5 Å². The van der Waals surface area contributed by atoms with E-state index in [-0.39, 0.29) is 0 Å². The average molecular weight is 742 g/mol. The third-order valence-corrected chi connectivity index (χ3v) is 11.9. The van der Waals surface area contributed by atoms with Gasteiger partial charge in [0.2, 0.25) is 0 Å². The largest absolute Gasteiger partial charge is 0.456 e. The monoisotopic (exact) mass is 741 g/mol. The van der Waals surface area contributed by atoms with Crippen molar-refractivity contribution in [2.24, 2.45) is 0 Å². The molecule has 0 saturated carbocycles. The van der Waals surface area contributed by atoms with E-state index in [0.29, 0.717) is 0 Å². The number of nitrogens with zero attached hydrogens (tertiary/aromatic N) is 3. The van der Waals surface area contributed by atoms with Gasteiger partial charge in [0.25, 0.3) is 0 Å². The van der Waals surface area contributed by atoms with Crippen molar-refractivity contribution in [3.05, 3.63) is 188 Å². The van der Waals surface area contributed by atoms with Crippen LogP contribution in [0.4, 0.5) is 0 Å². The number of furan rings is 2. The van der Waals surface area contributed by atoms with Crippen molar-refractivity contribution in [1.82, 2.24) is 14.1 Å². The zero-order valence-electron chi connectivity index (χ0n) is 31.1. The van der Waals surface area contributed by atoms with Crippen LogP contribution in [0.3, 0.4) is 0 Å². The molecule has 5 aromatic heterocycles. The Labute approximate surface area is 331 Å². The summed E-state index contributed by atoms with van der Waals surface area (Å²) < 4.78 is 17.2. The van der Waals surface area contributed by atoms with E-state index in [0.717, 1.165) is 99.8 Å². The van der Waals surface area contributed by atoms with Gasteiger partial charge in [-0.3, -0.25) is 4.57 Å². The van der Waals surface area contributed by atoms with Gasteiger partial charge in [-0.15, -0.1) is 0 Å². The summed E-state index contributed by atoms with van der Waals surface area (Å²) >= 11 is 0. The van der Waals surface area contributed by atoms with E-state index in [2.05, 4.69) is 173 Å². The maximum absolute atomic E-state index is 6.18. The van der Waals surface area contributed by atoms with Crippen LogP contribution >= 0.6 is 0 Å². The molecule has 8 aromatic carbocycles. The molecule has 13 aromatic rings. The van der Waals surface area contributed by atoms with Crippen LogP contribution in [0.25, 0.3) is 121 Å². The molecular formula is C53H31N3O2. The Morgan fingerprint density at radius 2 is 0.845 bits per heavy atom. The molecule has 0 aliphatic rings. The van der Waals surface area contributed by atoms with Crippen LogP contribution < -0.4 is 0 Å². The fraction of sp³-hybridized carbons (Fsp3) is 0. The second-order valence-electron chi connectivity index (χ2n) is 15.1. The zero-order valence-corrected chi connectivity index (χ0v) is 31.1. The summed E-state index contributed by atoms with van der Waals surface area (Å²) in [6.45, 7) is 0. The molecular weight excluding hydrogens is 711 g/mol. The van der Waals surface area contributed by atoms with Crippen molar-refractivity contribution in [2.45, 2.75) is 0 Å². The number of pyridine rings is 1. The minimum atomic E-state index is 0.861. The van der Waals surface area contributed by atoms with Gasteiger partial charge < -0.3 is 13.4 Å². The van der Waals surface area contributed by atoms with Crippen molar-refractivity contribution >= 4 is 87.5 Å². The molecule has 0 aliphatic heterocycles. The Bertz CT molecular complexity index is 3570. The highest BCUT2D eigenvalue weighted by Gasteiger charge is 2.22. The highest BCUT2D eigenvalue weighted by atomic mass is 16.3. The van der Waals surface area contributed by atoms with Gasteiger partial charge in [0.1, 0.15) is 28.1 Å². The molecule has 0 bridgehead atoms. The molecule has 0 unspecified atom stereocenters. The summed E-state index contributed by atoms with van der Waals surface area (Å²) in [6.07, 6.45) is 0. The smallest absolute Gasteiger partial charge is 0.138 e. The molecule has 13 rings (SSSR count). The Kier molecular flexibility index (Phi) is 6.38.